The first-order chi connectivity index (χ1) is 7.15. The Labute approximate surface area is 89.2 Å². The van der Waals surface area contributed by atoms with Crippen molar-refractivity contribution in [1.29, 1.82) is 0 Å². The first-order valence-corrected chi connectivity index (χ1v) is 4.94. The largest absolute Gasteiger partial charge is 0.402 e. The van der Waals surface area contributed by atoms with Crippen molar-refractivity contribution >= 4 is 11.8 Å². The highest BCUT2D eigenvalue weighted by atomic mass is 16.1. The summed E-state index contributed by atoms with van der Waals surface area (Å²) in [4.78, 5) is 11.2. The van der Waals surface area contributed by atoms with Gasteiger partial charge in [-0.05, 0) is 12.5 Å². The van der Waals surface area contributed by atoms with Crippen LogP contribution in [0, 0.1) is 0 Å². The number of anilines is 1. The number of aromatic nitrogens is 2. The molecule has 0 spiro atoms. The Morgan fingerprint density at radius 2 is 2.20 bits per heavy atom. The van der Waals surface area contributed by atoms with Crippen LogP contribution in [0.4, 0.5) is 5.69 Å². The molecule has 5 heteroatoms. The van der Waals surface area contributed by atoms with Crippen LogP contribution in [0.2, 0.25) is 0 Å². The lowest BCUT2D eigenvalue weighted by Gasteiger charge is -1.99. The number of nitrogen functional groups attached to an aromatic ring is 1. The quantitative estimate of drug-likeness (QED) is 0.680. The van der Waals surface area contributed by atoms with Crippen molar-refractivity contribution in [3.8, 4) is 0 Å². The normalized spacial score (nSPS) is 10.5. The third kappa shape index (κ3) is 3.84. The van der Waals surface area contributed by atoms with Crippen molar-refractivity contribution in [3.63, 3.8) is 0 Å². The van der Waals surface area contributed by atoms with E-state index in [9.17, 15) is 4.79 Å². The maximum atomic E-state index is 11.2. The molecule has 5 N–H and O–H groups in total. The summed E-state index contributed by atoms with van der Waals surface area (Å²) in [6, 6.07) is 0. The first kappa shape index (κ1) is 13.2. The van der Waals surface area contributed by atoms with E-state index in [1.165, 1.54) is 6.20 Å². The average molecular weight is 210 g/mol. The van der Waals surface area contributed by atoms with E-state index in [0.29, 0.717) is 23.4 Å². The number of hydrogen-bond acceptors (Lipinski definition) is 4. The molecule has 1 heterocycles. The minimum atomic E-state index is -0.323. The fourth-order valence-electron chi connectivity index (χ4n) is 0.858. The van der Waals surface area contributed by atoms with Gasteiger partial charge < -0.3 is 11.5 Å². The third-order valence-electron chi connectivity index (χ3n) is 1.66. The first-order valence-electron chi connectivity index (χ1n) is 4.94. The zero-order chi connectivity index (χ0) is 11.8. The van der Waals surface area contributed by atoms with Gasteiger partial charge in [0.15, 0.2) is 0 Å². The maximum absolute atomic E-state index is 11.2. The van der Waals surface area contributed by atoms with E-state index in [1.54, 1.807) is 6.08 Å². The van der Waals surface area contributed by atoms with Crippen molar-refractivity contribution in [2.24, 2.45) is 5.73 Å². The molecule has 84 valence electrons. The van der Waals surface area contributed by atoms with Gasteiger partial charge in [0, 0.05) is 5.70 Å². The van der Waals surface area contributed by atoms with Crippen molar-refractivity contribution in [2.45, 2.75) is 27.2 Å². The minimum absolute atomic E-state index is 0.323. The molecule has 0 saturated carbocycles. The Morgan fingerprint density at radius 1 is 1.60 bits per heavy atom. The topological polar surface area (TPSA) is 97.8 Å². The summed E-state index contributed by atoms with van der Waals surface area (Å²) >= 11 is 0. The number of hydrogen-bond donors (Lipinski definition) is 3. The van der Waals surface area contributed by atoms with Crippen LogP contribution < -0.4 is 17.0 Å². The second-order valence-corrected chi connectivity index (χ2v) is 2.64. The molecule has 1 rings (SSSR count). The molecule has 15 heavy (non-hydrogen) atoms. The van der Waals surface area contributed by atoms with Crippen molar-refractivity contribution < 1.29 is 0 Å². The minimum Gasteiger partial charge on any atom is -0.402 e. The fourth-order valence-corrected chi connectivity index (χ4v) is 0.858. The number of nitrogens with zero attached hydrogens (tertiary/aromatic N) is 1. The zero-order valence-corrected chi connectivity index (χ0v) is 9.37. The van der Waals surface area contributed by atoms with Gasteiger partial charge in [0.1, 0.15) is 0 Å². The smallest absolute Gasteiger partial charge is 0.273 e. The lowest BCUT2D eigenvalue weighted by atomic mass is 10.2. The molecule has 1 aromatic heterocycles. The van der Waals surface area contributed by atoms with Gasteiger partial charge in [-0.1, -0.05) is 20.8 Å². The average Bonchev–Trinajstić information content (AvgIpc) is 2.26. The highest BCUT2D eigenvalue weighted by molar-refractivity contribution is 5.63. The molecule has 5 nitrogen and oxygen atoms in total. The summed E-state index contributed by atoms with van der Waals surface area (Å²) < 4.78 is 0. The molecule has 1 aromatic rings. The predicted octanol–water partition coefficient (Wildman–Crippen LogP) is 1.09. The third-order valence-corrected chi connectivity index (χ3v) is 1.66. The van der Waals surface area contributed by atoms with Gasteiger partial charge in [-0.3, -0.25) is 4.79 Å². The summed E-state index contributed by atoms with van der Waals surface area (Å²) in [5.41, 5.74) is 12.1. The Hall–Kier alpha value is -1.78. The SMILES string of the molecule is CC.CC/C(N)=C/c1c(N)cn[nH]c1=O. The lowest BCUT2D eigenvalue weighted by molar-refractivity contribution is 0.984. The summed E-state index contributed by atoms with van der Waals surface area (Å²) in [7, 11) is 0. The van der Waals surface area contributed by atoms with Crippen LogP contribution in [-0.2, 0) is 0 Å². The fraction of sp³-hybridized carbons (Fsp3) is 0.400. The molecule has 0 bridgehead atoms. The van der Waals surface area contributed by atoms with Crippen LogP contribution in [0.15, 0.2) is 16.7 Å². The van der Waals surface area contributed by atoms with E-state index in [1.807, 2.05) is 20.8 Å². The number of nitrogens with one attached hydrogen (secondary N) is 1. The van der Waals surface area contributed by atoms with E-state index in [4.69, 9.17) is 11.5 Å². The van der Waals surface area contributed by atoms with Gasteiger partial charge >= 0.3 is 0 Å². The van der Waals surface area contributed by atoms with Gasteiger partial charge in [0.25, 0.3) is 5.56 Å². The predicted molar refractivity (Wildman–Crippen MR) is 63.1 cm³/mol. The second-order valence-electron chi connectivity index (χ2n) is 2.64. The van der Waals surface area contributed by atoms with E-state index >= 15 is 0 Å². The van der Waals surface area contributed by atoms with Gasteiger partial charge in [-0.25, -0.2) is 5.10 Å². The molecule has 0 saturated heterocycles. The molecule has 0 aliphatic heterocycles. The van der Waals surface area contributed by atoms with E-state index < -0.39 is 0 Å². The number of nitrogens with two attached hydrogens (primary N) is 2. The molecule has 0 amide bonds. The van der Waals surface area contributed by atoms with Crippen LogP contribution in [0.1, 0.15) is 32.8 Å². The molecule has 0 fully saturated rings. The van der Waals surface area contributed by atoms with Crippen molar-refractivity contribution in [1.82, 2.24) is 10.2 Å². The number of allylic oxidation sites excluding steroid dienone is 1. The van der Waals surface area contributed by atoms with Gasteiger partial charge in [-0.2, -0.15) is 5.10 Å². The molecule has 0 aromatic carbocycles. The van der Waals surface area contributed by atoms with Gasteiger partial charge in [-0.15, -0.1) is 0 Å². The van der Waals surface area contributed by atoms with E-state index in [0.717, 1.165) is 0 Å². The number of H-pyrrole nitrogens is 1. The number of aromatic amines is 1. The molecule has 0 radical (unpaired) electrons. The van der Waals surface area contributed by atoms with Gasteiger partial charge in [0.2, 0.25) is 0 Å². The van der Waals surface area contributed by atoms with E-state index in [2.05, 4.69) is 10.2 Å². The van der Waals surface area contributed by atoms with Crippen LogP contribution in [0.25, 0.3) is 6.08 Å². The highest BCUT2D eigenvalue weighted by Crippen LogP contribution is 2.07. The van der Waals surface area contributed by atoms with Crippen molar-refractivity contribution in [2.75, 3.05) is 5.73 Å². The summed E-state index contributed by atoms with van der Waals surface area (Å²) in [5, 5.41) is 5.83. The van der Waals surface area contributed by atoms with Crippen molar-refractivity contribution in [3.05, 3.63) is 27.8 Å². The zero-order valence-electron chi connectivity index (χ0n) is 9.37. The molecular formula is C10H18N4O. The molecule has 0 aliphatic carbocycles. The van der Waals surface area contributed by atoms with Gasteiger partial charge in [0.05, 0.1) is 17.4 Å². The Kier molecular flexibility index (Phi) is 5.85. The monoisotopic (exact) mass is 210 g/mol. The Bertz CT molecular complexity index is 381. The summed E-state index contributed by atoms with van der Waals surface area (Å²) in [6.07, 6.45) is 3.63. The van der Waals surface area contributed by atoms with Crippen LogP contribution in [0.3, 0.4) is 0 Å². The Balaban J connectivity index is 0.000000921. The van der Waals surface area contributed by atoms with E-state index in [-0.39, 0.29) is 5.56 Å². The Morgan fingerprint density at radius 3 is 2.67 bits per heavy atom. The van der Waals surface area contributed by atoms with Crippen LogP contribution in [-0.4, -0.2) is 10.2 Å². The molecule has 0 unspecified atom stereocenters. The molecule has 0 atom stereocenters. The van der Waals surface area contributed by atoms with Crippen LogP contribution >= 0.6 is 0 Å². The second kappa shape index (κ2) is 6.64. The summed E-state index contributed by atoms with van der Waals surface area (Å²) in [5.74, 6) is 0. The lowest BCUT2D eigenvalue weighted by Crippen LogP contribution is -2.14. The standard InChI is InChI=1S/C8H12N4O.C2H6/c1-2-5(9)3-6-7(10)4-11-12-8(6)13;1-2/h3-4H,2,9H2,1H3,(H3,10,12,13);1-2H3/b5-3-;. The number of rotatable bonds is 2. The van der Waals surface area contributed by atoms with Crippen LogP contribution in [0.5, 0.6) is 0 Å². The molecular weight excluding hydrogens is 192 g/mol. The summed E-state index contributed by atoms with van der Waals surface area (Å²) in [6.45, 7) is 5.90. The maximum Gasteiger partial charge on any atom is 0.273 e. The highest BCUT2D eigenvalue weighted by Gasteiger charge is 2.01. The molecule has 0 aliphatic rings.